The van der Waals surface area contributed by atoms with Gasteiger partial charge < -0.3 is 10.6 Å². The fraction of sp³-hybridized carbons (Fsp3) is 0.533. The van der Waals surface area contributed by atoms with Crippen molar-refractivity contribution in [3.05, 3.63) is 27.8 Å². The highest BCUT2D eigenvalue weighted by Gasteiger charge is 2.38. The third kappa shape index (κ3) is 3.69. The van der Waals surface area contributed by atoms with Gasteiger partial charge in [0, 0.05) is 15.8 Å². The molecule has 0 radical (unpaired) electrons. The molecule has 1 heterocycles. The van der Waals surface area contributed by atoms with Crippen LogP contribution in [0, 0.1) is 8.99 Å². The number of carbonyl (C=O) groups is 1. The third-order valence-corrected chi connectivity index (χ3v) is 4.44. The van der Waals surface area contributed by atoms with Crippen LogP contribution in [-0.2, 0) is 4.79 Å². The molecule has 104 valence electrons. The number of rotatable bonds is 4. The van der Waals surface area contributed by atoms with Gasteiger partial charge in [-0.05, 0) is 66.6 Å². The number of amides is 1. The number of carbonyl (C=O) groups excluding carboxylic acids is 1. The highest BCUT2D eigenvalue weighted by atomic mass is 127. The lowest BCUT2D eigenvalue weighted by Gasteiger charge is -2.36. The predicted molar refractivity (Wildman–Crippen MR) is 87.2 cm³/mol. The highest BCUT2D eigenvalue weighted by Crippen LogP contribution is 2.33. The predicted octanol–water partition coefficient (Wildman–Crippen LogP) is 3.40. The largest absolute Gasteiger partial charge is 0.326 e. The fourth-order valence-electron chi connectivity index (χ4n) is 2.80. The zero-order valence-electron chi connectivity index (χ0n) is 11.3. The van der Waals surface area contributed by atoms with E-state index in [1.54, 1.807) is 0 Å². The van der Waals surface area contributed by atoms with Gasteiger partial charge in [0.15, 0.2) is 0 Å². The van der Waals surface area contributed by atoms with Gasteiger partial charge in [-0.3, -0.25) is 4.79 Å². The Bertz CT molecular complexity index is 436. The summed E-state index contributed by atoms with van der Waals surface area (Å²) in [7, 11) is 0. The molecule has 0 saturated carbocycles. The molecule has 0 spiro atoms. The number of piperidine rings is 1. The molecule has 1 aromatic rings. The summed E-state index contributed by atoms with van der Waals surface area (Å²) in [6.45, 7) is 3.98. The number of benzene rings is 1. The van der Waals surface area contributed by atoms with Crippen molar-refractivity contribution in [2.45, 2.75) is 32.6 Å². The molecule has 2 rings (SSSR count). The Morgan fingerprint density at radius 1 is 1.53 bits per heavy atom. The minimum absolute atomic E-state index is 0.170. The minimum Gasteiger partial charge on any atom is -0.326 e. The quantitative estimate of drug-likeness (QED) is 0.796. The van der Waals surface area contributed by atoms with Crippen molar-refractivity contribution in [3.8, 4) is 0 Å². The lowest BCUT2D eigenvalue weighted by molar-refractivity contribution is -0.127. The fourth-order valence-corrected chi connectivity index (χ4v) is 3.34. The van der Waals surface area contributed by atoms with E-state index in [4.69, 9.17) is 0 Å². The average molecular weight is 372 g/mol. The summed E-state index contributed by atoms with van der Waals surface area (Å²) in [5.74, 6) is 0.170. The van der Waals surface area contributed by atoms with Crippen LogP contribution in [-0.4, -0.2) is 19.0 Å². The number of halogens is 1. The molecule has 1 fully saturated rings. The third-order valence-electron chi connectivity index (χ3n) is 3.76. The summed E-state index contributed by atoms with van der Waals surface area (Å²) in [6.07, 6.45) is 4.07. The molecule has 1 amide bonds. The van der Waals surface area contributed by atoms with E-state index in [1.165, 1.54) is 0 Å². The summed E-state index contributed by atoms with van der Waals surface area (Å²) in [6, 6.07) is 7.97. The van der Waals surface area contributed by atoms with E-state index in [1.807, 2.05) is 24.3 Å². The van der Waals surface area contributed by atoms with Crippen molar-refractivity contribution in [1.82, 2.24) is 5.32 Å². The summed E-state index contributed by atoms with van der Waals surface area (Å²) in [4.78, 5) is 12.6. The van der Waals surface area contributed by atoms with Crippen molar-refractivity contribution in [2.24, 2.45) is 5.41 Å². The van der Waals surface area contributed by atoms with Gasteiger partial charge in [-0.15, -0.1) is 0 Å². The molecular formula is C15H21IN2O. The second-order valence-corrected chi connectivity index (χ2v) is 6.52. The maximum Gasteiger partial charge on any atom is 0.231 e. The lowest BCUT2D eigenvalue weighted by atomic mass is 9.76. The SMILES string of the molecule is CCCC1(C(=O)Nc2cccc(I)c2)CCCNC1. The molecule has 1 aromatic carbocycles. The van der Waals surface area contributed by atoms with Gasteiger partial charge in [0.05, 0.1) is 5.41 Å². The second kappa shape index (κ2) is 6.70. The van der Waals surface area contributed by atoms with Crippen LogP contribution in [0.5, 0.6) is 0 Å². The zero-order chi connectivity index (χ0) is 13.7. The summed E-state index contributed by atoms with van der Waals surface area (Å²) < 4.78 is 1.14. The van der Waals surface area contributed by atoms with Crippen LogP contribution in [0.25, 0.3) is 0 Å². The van der Waals surface area contributed by atoms with Crippen molar-refractivity contribution >= 4 is 34.2 Å². The molecule has 0 aliphatic carbocycles. The van der Waals surface area contributed by atoms with Crippen LogP contribution in [0.1, 0.15) is 32.6 Å². The van der Waals surface area contributed by atoms with E-state index in [9.17, 15) is 4.79 Å². The monoisotopic (exact) mass is 372 g/mol. The van der Waals surface area contributed by atoms with Gasteiger partial charge in [-0.1, -0.05) is 19.4 Å². The molecular weight excluding hydrogens is 351 g/mol. The highest BCUT2D eigenvalue weighted by molar-refractivity contribution is 14.1. The molecule has 3 nitrogen and oxygen atoms in total. The van der Waals surface area contributed by atoms with Crippen LogP contribution >= 0.6 is 22.6 Å². The van der Waals surface area contributed by atoms with E-state index in [0.29, 0.717) is 0 Å². The van der Waals surface area contributed by atoms with Crippen LogP contribution in [0.15, 0.2) is 24.3 Å². The molecule has 4 heteroatoms. The number of anilines is 1. The van der Waals surface area contributed by atoms with Crippen LogP contribution in [0.2, 0.25) is 0 Å². The Labute approximate surface area is 128 Å². The zero-order valence-corrected chi connectivity index (χ0v) is 13.5. The first kappa shape index (κ1) is 14.8. The average Bonchev–Trinajstić information content (AvgIpc) is 2.40. The van der Waals surface area contributed by atoms with Gasteiger partial charge in [-0.25, -0.2) is 0 Å². The first-order valence-electron chi connectivity index (χ1n) is 6.94. The topological polar surface area (TPSA) is 41.1 Å². The van der Waals surface area contributed by atoms with Crippen molar-refractivity contribution in [1.29, 1.82) is 0 Å². The number of nitrogens with one attached hydrogen (secondary N) is 2. The summed E-state index contributed by atoms with van der Waals surface area (Å²) in [5, 5.41) is 6.47. The lowest BCUT2D eigenvalue weighted by Crippen LogP contribution is -2.48. The van der Waals surface area contributed by atoms with E-state index < -0.39 is 0 Å². The molecule has 1 aliphatic rings. The standard InChI is InChI=1S/C15H21IN2O/c1-2-7-15(8-4-9-17-11-15)14(19)18-13-6-3-5-12(16)10-13/h3,5-6,10,17H,2,4,7-9,11H2,1H3,(H,18,19). The van der Waals surface area contributed by atoms with Gasteiger partial charge in [0.25, 0.3) is 0 Å². The molecule has 1 aliphatic heterocycles. The number of hydrogen-bond acceptors (Lipinski definition) is 2. The van der Waals surface area contributed by atoms with Gasteiger partial charge >= 0.3 is 0 Å². The molecule has 1 atom stereocenters. The molecule has 1 unspecified atom stereocenters. The van der Waals surface area contributed by atoms with Gasteiger partial charge in [0.2, 0.25) is 5.91 Å². The van der Waals surface area contributed by atoms with E-state index in [0.717, 1.165) is 48.0 Å². The maximum atomic E-state index is 12.6. The molecule has 2 N–H and O–H groups in total. The maximum absolute atomic E-state index is 12.6. The van der Waals surface area contributed by atoms with Crippen LogP contribution in [0.4, 0.5) is 5.69 Å². The second-order valence-electron chi connectivity index (χ2n) is 5.28. The van der Waals surface area contributed by atoms with E-state index in [-0.39, 0.29) is 11.3 Å². The first-order chi connectivity index (χ1) is 9.16. The Hall–Kier alpha value is -0.620. The van der Waals surface area contributed by atoms with E-state index in [2.05, 4.69) is 40.1 Å². The van der Waals surface area contributed by atoms with Crippen molar-refractivity contribution in [3.63, 3.8) is 0 Å². The summed E-state index contributed by atoms with van der Waals surface area (Å²) >= 11 is 2.26. The first-order valence-corrected chi connectivity index (χ1v) is 8.02. The minimum atomic E-state index is -0.228. The van der Waals surface area contributed by atoms with Crippen molar-refractivity contribution in [2.75, 3.05) is 18.4 Å². The Morgan fingerprint density at radius 3 is 3.00 bits per heavy atom. The summed E-state index contributed by atoms with van der Waals surface area (Å²) in [5.41, 5.74) is 0.673. The molecule has 0 aromatic heterocycles. The molecule has 19 heavy (non-hydrogen) atoms. The van der Waals surface area contributed by atoms with Crippen LogP contribution in [0.3, 0.4) is 0 Å². The van der Waals surface area contributed by atoms with E-state index >= 15 is 0 Å². The van der Waals surface area contributed by atoms with Crippen molar-refractivity contribution < 1.29 is 4.79 Å². The number of hydrogen-bond donors (Lipinski definition) is 2. The van der Waals surface area contributed by atoms with Crippen LogP contribution < -0.4 is 10.6 Å². The molecule has 1 saturated heterocycles. The smallest absolute Gasteiger partial charge is 0.231 e. The Balaban J connectivity index is 2.11. The molecule has 0 bridgehead atoms. The van der Waals surface area contributed by atoms with Gasteiger partial charge in [0.1, 0.15) is 0 Å². The Morgan fingerprint density at radius 2 is 2.37 bits per heavy atom. The normalized spacial score (nSPS) is 23.1. The Kier molecular flexibility index (Phi) is 5.21. The van der Waals surface area contributed by atoms with Gasteiger partial charge in [-0.2, -0.15) is 0 Å².